The summed E-state index contributed by atoms with van der Waals surface area (Å²) >= 11 is 0. The molecule has 2 nitrogen and oxygen atoms in total. The number of rotatable bonds is 4. The van der Waals surface area contributed by atoms with Crippen LogP contribution in [-0.4, -0.2) is 30.3 Å². The van der Waals surface area contributed by atoms with Gasteiger partial charge in [-0.2, -0.15) is 0 Å². The summed E-state index contributed by atoms with van der Waals surface area (Å²) in [7, 11) is 0. The molecule has 62 valence electrons. The van der Waals surface area contributed by atoms with E-state index >= 15 is 0 Å². The lowest BCUT2D eigenvalue weighted by Crippen LogP contribution is -2.30. The number of hydrogen-bond acceptors (Lipinski definition) is 2. The van der Waals surface area contributed by atoms with Crippen molar-refractivity contribution in [1.29, 1.82) is 0 Å². The molecule has 1 aliphatic heterocycles. The zero-order chi connectivity index (χ0) is 8.10. The summed E-state index contributed by atoms with van der Waals surface area (Å²) in [5.41, 5.74) is 0. The van der Waals surface area contributed by atoms with Gasteiger partial charge < -0.3 is 4.79 Å². The minimum Gasteiger partial charge on any atom is -0.302 e. The van der Waals surface area contributed by atoms with Gasteiger partial charge in [0, 0.05) is 6.04 Å². The van der Waals surface area contributed by atoms with Gasteiger partial charge in [0.05, 0.1) is 6.54 Å². The zero-order valence-electron chi connectivity index (χ0n) is 6.83. The van der Waals surface area contributed by atoms with Gasteiger partial charge in [0.1, 0.15) is 6.29 Å². The maximum atomic E-state index is 10.2. The van der Waals surface area contributed by atoms with E-state index in [1.807, 2.05) is 6.08 Å². The van der Waals surface area contributed by atoms with Gasteiger partial charge in [-0.15, -0.1) is 6.58 Å². The van der Waals surface area contributed by atoms with Crippen LogP contribution in [-0.2, 0) is 4.79 Å². The molecule has 1 aliphatic rings. The highest BCUT2D eigenvalue weighted by Crippen LogP contribution is 2.18. The Morgan fingerprint density at radius 3 is 3.09 bits per heavy atom. The molecule has 0 N–H and O–H groups in total. The molecule has 0 amide bonds. The van der Waals surface area contributed by atoms with Crippen molar-refractivity contribution >= 4 is 6.29 Å². The zero-order valence-corrected chi connectivity index (χ0v) is 6.83. The quantitative estimate of drug-likeness (QED) is 0.447. The van der Waals surface area contributed by atoms with E-state index in [1.165, 1.54) is 12.8 Å². The van der Waals surface area contributed by atoms with Crippen molar-refractivity contribution in [2.24, 2.45) is 0 Å². The van der Waals surface area contributed by atoms with Crippen molar-refractivity contribution in [3.05, 3.63) is 12.7 Å². The van der Waals surface area contributed by atoms with Crippen molar-refractivity contribution in [2.75, 3.05) is 13.1 Å². The molecule has 0 spiro atoms. The lowest BCUT2D eigenvalue weighted by molar-refractivity contribution is -0.109. The summed E-state index contributed by atoms with van der Waals surface area (Å²) in [4.78, 5) is 12.5. The molecule has 1 fully saturated rings. The van der Waals surface area contributed by atoms with Gasteiger partial charge in [0.25, 0.3) is 0 Å². The highest BCUT2D eigenvalue weighted by atomic mass is 16.1. The smallest absolute Gasteiger partial charge is 0.133 e. The lowest BCUT2D eigenvalue weighted by Gasteiger charge is -2.20. The minimum absolute atomic E-state index is 0.581. The number of likely N-dealkylation sites (tertiary alicyclic amines) is 1. The van der Waals surface area contributed by atoms with Crippen LogP contribution in [0.1, 0.15) is 19.3 Å². The second-order valence-electron chi connectivity index (χ2n) is 2.98. The maximum Gasteiger partial charge on any atom is 0.133 e. The number of carbonyl (C=O) groups is 1. The molecule has 0 radical (unpaired) electrons. The van der Waals surface area contributed by atoms with Crippen LogP contribution in [0, 0.1) is 0 Å². The summed E-state index contributed by atoms with van der Waals surface area (Å²) in [5, 5.41) is 0. The third-order valence-corrected chi connectivity index (χ3v) is 2.25. The van der Waals surface area contributed by atoms with E-state index in [1.54, 1.807) is 0 Å². The van der Waals surface area contributed by atoms with Gasteiger partial charge in [0.15, 0.2) is 0 Å². The molecule has 0 aromatic heterocycles. The van der Waals surface area contributed by atoms with Crippen LogP contribution < -0.4 is 0 Å². The fraction of sp³-hybridized carbons (Fsp3) is 0.667. The van der Waals surface area contributed by atoms with E-state index in [0.29, 0.717) is 12.6 Å². The molecule has 11 heavy (non-hydrogen) atoms. The Hall–Kier alpha value is -0.630. The van der Waals surface area contributed by atoms with Crippen molar-refractivity contribution in [3.8, 4) is 0 Å². The molecule has 0 aliphatic carbocycles. The third-order valence-electron chi connectivity index (χ3n) is 2.25. The fourth-order valence-corrected chi connectivity index (χ4v) is 1.69. The Kier molecular flexibility index (Phi) is 3.30. The highest BCUT2D eigenvalue weighted by Gasteiger charge is 2.21. The Morgan fingerprint density at radius 2 is 2.45 bits per heavy atom. The molecule has 1 saturated heterocycles. The van der Waals surface area contributed by atoms with E-state index in [2.05, 4.69) is 11.5 Å². The van der Waals surface area contributed by atoms with Crippen molar-refractivity contribution < 1.29 is 4.79 Å². The number of nitrogens with zero attached hydrogens (tertiary/aromatic N) is 1. The van der Waals surface area contributed by atoms with Crippen LogP contribution in [0.2, 0.25) is 0 Å². The number of hydrogen-bond donors (Lipinski definition) is 0. The van der Waals surface area contributed by atoms with Gasteiger partial charge in [-0.25, -0.2) is 0 Å². The van der Waals surface area contributed by atoms with Crippen molar-refractivity contribution in [2.45, 2.75) is 25.3 Å². The fourth-order valence-electron chi connectivity index (χ4n) is 1.69. The van der Waals surface area contributed by atoms with E-state index in [9.17, 15) is 4.79 Å². The largest absolute Gasteiger partial charge is 0.302 e. The second kappa shape index (κ2) is 4.29. The van der Waals surface area contributed by atoms with Gasteiger partial charge in [-0.05, 0) is 25.8 Å². The van der Waals surface area contributed by atoms with Crippen LogP contribution >= 0.6 is 0 Å². The molecular weight excluding hydrogens is 138 g/mol. The summed E-state index contributed by atoms with van der Waals surface area (Å²) < 4.78 is 0. The maximum absolute atomic E-state index is 10.2. The first-order valence-electron chi connectivity index (χ1n) is 4.17. The molecule has 0 unspecified atom stereocenters. The predicted octanol–water partition coefficient (Wildman–Crippen LogP) is 1.23. The Labute approximate surface area is 67.9 Å². The second-order valence-corrected chi connectivity index (χ2v) is 2.98. The molecule has 0 bridgehead atoms. The normalized spacial score (nSPS) is 25.3. The van der Waals surface area contributed by atoms with Crippen LogP contribution in [0.3, 0.4) is 0 Å². The molecule has 0 aromatic rings. The number of aldehydes is 1. The van der Waals surface area contributed by atoms with E-state index in [4.69, 9.17) is 0 Å². The summed E-state index contributed by atoms with van der Waals surface area (Å²) in [6.07, 6.45) is 6.40. The van der Waals surface area contributed by atoms with E-state index in [-0.39, 0.29) is 0 Å². The van der Waals surface area contributed by atoms with Crippen LogP contribution in [0.5, 0.6) is 0 Å². The summed E-state index contributed by atoms with van der Waals surface area (Å²) in [6.45, 7) is 5.38. The third kappa shape index (κ3) is 2.15. The van der Waals surface area contributed by atoms with Crippen LogP contribution in [0.15, 0.2) is 12.7 Å². The molecule has 2 heteroatoms. The van der Waals surface area contributed by atoms with E-state index < -0.39 is 0 Å². The Bertz CT molecular complexity index is 128. The lowest BCUT2D eigenvalue weighted by atomic mass is 10.1. The van der Waals surface area contributed by atoms with Crippen molar-refractivity contribution in [3.63, 3.8) is 0 Å². The molecule has 1 heterocycles. The summed E-state index contributed by atoms with van der Waals surface area (Å²) in [5.74, 6) is 0. The predicted molar refractivity (Wildman–Crippen MR) is 45.5 cm³/mol. The first kappa shape index (κ1) is 8.47. The molecule has 1 atom stereocenters. The molecule has 1 rings (SSSR count). The summed E-state index contributed by atoms with van der Waals surface area (Å²) in [6, 6.07) is 0.581. The average Bonchev–Trinajstić information content (AvgIpc) is 2.39. The topological polar surface area (TPSA) is 20.3 Å². The standard InChI is InChI=1S/C9H15NO/c1-2-4-9-5-3-6-10(9)7-8-11/h2,8-9H,1,3-7H2/t9-/m1/s1. The van der Waals surface area contributed by atoms with Crippen LogP contribution in [0.4, 0.5) is 0 Å². The monoisotopic (exact) mass is 153 g/mol. The highest BCUT2D eigenvalue weighted by molar-refractivity contribution is 5.52. The Balaban J connectivity index is 2.36. The molecular formula is C9H15NO. The van der Waals surface area contributed by atoms with Gasteiger partial charge >= 0.3 is 0 Å². The number of carbonyl (C=O) groups excluding carboxylic acids is 1. The van der Waals surface area contributed by atoms with Gasteiger partial charge in [-0.1, -0.05) is 6.08 Å². The molecule has 0 aromatic carbocycles. The first-order valence-corrected chi connectivity index (χ1v) is 4.17. The van der Waals surface area contributed by atoms with Crippen LogP contribution in [0.25, 0.3) is 0 Å². The van der Waals surface area contributed by atoms with E-state index in [0.717, 1.165) is 19.3 Å². The van der Waals surface area contributed by atoms with Crippen molar-refractivity contribution in [1.82, 2.24) is 4.90 Å². The van der Waals surface area contributed by atoms with Gasteiger partial charge in [0.2, 0.25) is 0 Å². The molecule has 0 saturated carbocycles. The average molecular weight is 153 g/mol. The first-order chi connectivity index (χ1) is 5.38. The Morgan fingerprint density at radius 1 is 1.64 bits per heavy atom. The SMILES string of the molecule is C=CC[C@@H]1CCCN1CC=O. The minimum atomic E-state index is 0.581. The van der Waals surface area contributed by atoms with Gasteiger partial charge in [-0.3, -0.25) is 4.90 Å².